The summed E-state index contributed by atoms with van der Waals surface area (Å²) in [5.41, 5.74) is 1.04. The van der Waals surface area contributed by atoms with E-state index in [2.05, 4.69) is 0 Å². The van der Waals surface area contributed by atoms with Crippen LogP contribution in [0, 0.1) is 0 Å². The van der Waals surface area contributed by atoms with E-state index >= 15 is 0 Å². The van der Waals surface area contributed by atoms with Crippen molar-refractivity contribution in [2.45, 2.75) is 30.1 Å². The number of thioether (sulfide) groups is 1. The Balaban J connectivity index is 2.04. The van der Waals surface area contributed by atoms with Gasteiger partial charge in [0.15, 0.2) is 0 Å². The van der Waals surface area contributed by atoms with E-state index in [0.717, 1.165) is 22.8 Å². The first kappa shape index (κ1) is 21.2. The van der Waals surface area contributed by atoms with Gasteiger partial charge in [0.05, 0.1) is 21.2 Å². The van der Waals surface area contributed by atoms with E-state index in [1.807, 2.05) is 24.3 Å². The van der Waals surface area contributed by atoms with E-state index in [4.69, 9.17) is 11.6 Å². The lowest BCUT2D eigenvalue weighted by Crippen LogP contribution is -2.33. The van der Waals surface area contributed by atoms with Crippen LogP contribution < -0.4 is 4.90 Å². The second-order valence-corrected chi connectivity index (χ2v) is 9.84. The second-order valence-electron chi connectivity index (χ2n) is 6.36. The molecule has 0 N–H and O–H groups in total. The first-order valence-electron chi connectivity index (χ1n) is 9.23. The summed E-state index contributed by atoms with van der Waals surface area (Å²) < 4.78 is 27.1. The van der Waals surface area contributed by atoms with Crippen LogP contribution in [0.4, 0.5) is 5.69 Å². The summed E-state index contributed by atoms with van der Waals surface area (Å²) in [7, 11) is -3.67. The summed E-state index contributed by atoms with van der Waals surface area (Å²) in [4.78, 5) is 16.2. The molecule has 3 rings (SSSR count). The summed E-state index contributed by atoms with van der Waals surface area (Å²) in [6.07, 6.45) is 0.847. The normalized spacial score (nSPS) is 14.6. The molecule has 0 aliphatic carbocycles. The number of sulfonamides is 1. The molecule has 1 amide bonds. The van der Waals surface area contributed by atoms with Crippen LogP contribution in [0.15, 0.2) is 52.3 Å². The van der Waals surface area contributed by atoms with Gasteiger partial charge in [-0.3, -0.25) is 4.79 Å². The third kappa shape index (κ3) is 4.08. The van der Waals surface area contributed by atoms with Crippen LogP contribution in [0.3, 0.4) is 0 Å². The number of para-hydroxylation sites is 1. The van der Waals surface area contributed by atoms with E-state index in [1.165, 1.54) is 22.5 Å². The van der Waals surface area contributed by atoms with Gasteiger partial charge in [0, 0.05) is 24.5 Å². The molecule has 0 bridgehead atoms. The van der Waals surface area contributed by atoms with Crippen molar-refractivity contribution in [1.29, 1.82) is 0 Å². The highest BCUT2D eigenvalue weighted by atomic mass is 35.5. The van der Waals surface area contributed by atoms with E-state index in [-0.39, 0.29) is 21.4 Å². The molecule has 0 spiro atoms. The SMILES string of the molecule is CCN(CC)S(=O)(=O)c1ccc(Cl)c(C(=O)N2CCCSc3ccccc32)c1. The number of hydrogen-bond donors (Lipinski definition) is 0. The van der Waals surface area contributed by atoms with Crippen LogP contribution in [0.1, 0.15) is 30.6 Å². The zero-order valence-corrected chi connectivity index (χ0v) is 18.3. The van der Waals surface area contributed by atoms with Gasteiger partial charge in [-0.1, -0.05) is 37.6 Å². The number of rotatable bonds is 5. The van der Waals surface area contributed by atoms with Crippen molar-refractivity contribution in [3.8, 4) is 0 Å². The lowest BCUT2D eigenvalue weighted by molar-refractivity contribution is 0.0986. The maximum atomic E-state index is 13.3. The van der Waals surface area contributed by atoms with Crippen molar-refractivity contribution in [2.75, 3.05) is 30.3 Å². The minimum atomic E-state index is -3.67. The summed E-state index contributed by atoms with van der Waals surface area (Å²) in [6.45, 7) is 4.86. The molecule has 1 aliphatic rings. The van der Waals surface area contributed by atoms with Gasteiger partial charge in [-0.05, 0) is 42.5 Å². The molecule has 8 heteroatoms. The fourth-order valence-corrected chi connectivity index (χ4v) is 5.90. The van der Waals surface area contributed by atoms with Crippen molar-refractivity contribution in [2.24, 2.45) is 0 Å². The number of carbonyl (C=O) groups is 1. The number of nitrogens with zero attached hydrogens (tertiary/aromatic N) is 2. The van der Waals surface area contributed by atoms with Crippen molar-refractivity contribution < 1.29 is 13.2 Å². The topological polar surface area (TPSA) is 57.7 Å². The van der Waals surface area contributed by atoms with Crippen molar-refractivity contribution in [3.05, 3.63) is 53.1 Å². The minimum Gasteiger partial charge on any atom is -0.307 e. The first-order chi connectivity index (χ1) is 13.4. The van der Waals surface area contributed by atoms with Crippen LogP contribution >= 0.6 is 23.4 Å². The van der Waals surface area contributed by atoms with Crippen LogP contribution in [0.25, 0.3) is 0 Å². The molecule has 5 nitrogen and oxygen atoms in total. The summed E-state index contributed by atoms with van der Waals surface area (Å²) >= 11 is 8.03. The number of benzene rings is 2. The smallest absolute Gasteiger partial charge is 0.259 e. The highest BCUT2D eigenvalue weighted by Crippen LogP contribution is 2.35. The highest BCUT2D eigenvalue weighted by molar-refractivity contribution is 7.99. The van der Waals surface area contributed by atoms with Gasteiger partial charge < -0.3 is 4.90 Å². The Bertz CT molecular complexity index is 975. The Hall–Kier alpha value is -1.54. The Kier molecular flexibility index (Phi) is 6.70. The molecule has 1 heterocycles. The molecular formula is C20H23ClN2O3S2. The van der Waals surface area contributed by atoms with Crippen LogP contribution in [-0.2, 0) is 10.0 Å². The number of amides is 1. The molecule has 0 unspecified atom stereocenters. The van der Waals surface area contributed by atoms with Gasteiger partial charge in [0.1, 0.15) is 0 Å². The second kappa shape index (κ2) is 8.86. The van der Waals surface area contributed by atoms with Crippen LogP contribution in [0.2, 0.25) is 5.02 Å². The first-order valence-corrected chi connectivity index (χ1v) is 12.0. The lowest BCUT2D eigenvalue weighted by atomic mass is 10.1. The molecule has 0 aromatic heterocycles. The predicted octanol–water partition coefficient (Wildman–Crippen LogP) is 4.51. The molecule has 2 aromatic rings. The maximum Gasteiger partial charge on any atom is 0.259 e. The van der Waals surface area contributed by atoms with Gasteiger partial charge >= 0.3 is 0 Å². The van der Waals surface area contributed by atoms with E-state index in [1.54, 1.807) is 30.5 Å². The lowest BCUT2D eigenvalue weighted by Gasteiger charge is -2.24. The zero-order valence-electron chi connectivity index (χ0n) is 15.9. The van der Waals surface area contributed by atoms with Crippen molar-refractivity contribution >= 4 is 45.0 Å². The Morgan fingerprint density at radius 1 is 1.18 bits per heavy atom. The predicted molar refractivity (Wildman–Crippen MR) is 115 cm³/mol. The summed E-state index contributed by atoms with van der Waals surface area (Å²) in [5, 5.41) is 0.248. The monoisotopic (exact) mass is 438 g/mol. The summed E-state index contributed by atoms with van der Waals surface area (Å²) in [6, 6.07) is 12.1. The van der Waals surface area contributed by atoms with Crippen molar-refractivity contribution in [1.82, 2.24) is 4.31 Å². The fraction of sp³-hybridized carbons (Fsp3) is 0.350. The van der Waals surface area contributed by atoms with E-state index in [0.29, 0.717) is 19.6 Å². The average molecular weight is 439 g/mol. The molecular weight excluding hydrogens is 416 g/mol. The quantitative estimate of drug-likeness (QED) is 0.688. The molecule has 1 aliphatic heterocycles. The standard InChI is InChI=1S/C20H23ClN2O3S2/c1-3-22(4-2)28(25,26)15-10-11-17(21)16(14-15)20(24)23-12-7-13-27-19-9-6-5-8-18(19)23/h5-6,8-11,14H,3-4,7,12-13H2,1-2H3. The maximum absolute atomic E-state index is 13.3. The molecule has 0 fully saturated rings. The number of anilines is 1. The minimum absolute atomic E-state index is 0.0847. The molecule has 28 heavy (non-hydrogen) atoms. The van der Waals surface area contributed by atoms with Crippen molar-refractivity contribution in [3.63, 3.8) is 0 Å². The van der Waals surface area contributed by atoms with Gasteiger partial charge in [-0.15, -0.1) is 11.8 Å². The molecule has 0 saturated heterocycles. The molecule has 0 radical (unpaired) electrons. The number of hydrogen-bond acceptors (Lipinski definition) is 4. The number of halogens is 1. The molecule has 0 saturated carbocycles. The Morgan fingerprint density at radius 2 is 1.89 bits per heavy atom. The number of carbonyl (C=O) groups excluding carboxylic acids is 1. The summed E-state index contributed by atoms with van der Waals surface area (Å²) in [5.74, 6) is 0.641. The third-order valence-corrected chi connectivity index (χ3v) is 8.22. The largest absolute Gasteiger partial charge is 0.307 e. The van der Waals surface area contributed by atoms with Gasteiger partial charge in [0.25, 0.3) is 5.91 Å². The Labute approximate surface area is 175 Å². The average Bonchev–Trinajstić information content (AvgIpc) is 2.91. The molecule has 2 aromatic carbocycles. The van der Waals surface area contributed by atoms with E-state index in [9.17, 15) is 13.2 Å². The van der Waals surface area contributed by atoms with Crippen LogP contribution in [0.5, 0.6) is 0 Å². The third-order valence-electron chi connectivity index (χ3n) is 4.70. The fourth-order valence-electron chi connectivity index (χ4n) is 3.23. The van der Waals surface area contributed by atoms with Gasteiger partial charge in [0.2, 0.25) is 10.0 Å². The van der Waals surface area contributed by atoms with E-state index < -0.39 is 10.0 Å². The highest BCUT2D eigenvalue weighted by Gasteiger charge is 2.27. The number of fused-ring (bicyclic) bond motifs is 1. The molecule has 150 valence electrons. The zero-order chi connectivity index (χ0) is 20.3. The van der Waals surface area contributed by atoms with Gasteiger partial charge in [-0.2, -0.15) is 4.31 Å². The molecule has 0 atom stereocenters. The van der Waals surface area contributed by atoms with Crippen LogP contribution in [-0.4, -0.2) is 44.0 Å². The Morgan fingerprint density at radius 3 is 2.61 bits per heavy atom. The van der Waals surface area contributed by atoms with Gasteiger partial charge in [-0.25, -0.2) is 8.42 Å².